The quantitative estimate of drug-likeness (QED) is 0.678. The molecule has 160 valence electrons. The summed E-state index contributed by atoms with van der Waals surface area (Å²) in [5.41, 5.74) is 4.06. The maximum Gasteiger partial charge on any atom is 0.341 e. The van der Waals surface area contributed by atoms with Crippen LogP contribution in [0.15, 0.2) is 17.1 Å². The van der Waals surface area contributed by atoms with E-state index in [0.717, 1.165) is 12.3 Å². The van der Waals surface area contributed by atoms with Gasteiger partial charge < -0.3 is 29.8 Å². The van der Waals surface area contributed by atoms with E-state index in [1.165, 1.54) is 9.47 Å². The summed E-state index contributed by atoms with van der Waals surface area (Å²) in [5.74, 6) is -3.33. The number of halogens is 2. The van der Waals surface area contributed by atoms with Gasteiger partial charge in [0.2, 0.25) is 5.43 Å². The first-order valence-electron chi connectivity index (χ1n) is 9.69. The van der Waals surface area contributed by atoms with Crippen LogP contribution in [0.3, 0.4) is 0 Å². The van der Waals surface area contributed by atoms with E-state index in [2.05, 4.69) is 0 Å². The number of ether oxygens (including phenoxy) is 1. The third-order valence-corrected chi connectivity index (χ3v) is 5.61. The highest BCUT2D eigenvalue weighted by Crippen LogP contribution is 2.39. The average molecular weight is 421 g/mol. The molecule has 3 N–H and O–H groups in total. The summed E-state index contributed by atoms with van der Waals surface area (Å²) < 4.78 is 37.6. The number of benzene rings is 1. The largest absolute Gasteiger partial charge is 0.477 e. The first-order valence-corrected chi connectivity index (χ1v) is 9.69. The van der Waals surface area contributed by atoms with E-state index in [1.54, 1.807) is 0 Å². The van der Waals surface area contributed by atoms with E-state index in [4.69, 9.17) is 10.5 Å². The monoisotopic (exact) mass is 421 g/mol. The lowest BCUT2D eigenvalue weighted by Gasteiger charge is -2.37. The van der Waals surface area contributed by atoms with Gasteiger partial charge in [0.1, 0.15) is 23.4 Å². The minimum absolute atomic E-state index is 0.0559. The van der Waals surface area contributed by atoms with Gasteiger partial charge in [0.15, 0.2) is 5.82 Å². The molecule has 2 fully saturated rings. The minimum atomic E-state index is -1.44. The smallest absolute Gasteiger partial charge is 0.341 e. The third-order valence-electron chi connectivity index (χ3n) is 5.61. The molecule has 30 heavy (non-hydrogen) atoms. The van der Waals surface area contributed by atoms with Crippen LogP contribution < -0.4 is 16.1 Å². The van der Waals surface area contributed by atoms with E-state index in [1.807, 2.05) is 0 Å². The van der Waals surface area contributed by atoms with Gasteiger partial charge in [-0.3, -0.25) is 4.79 Å². The Morgan fingerprint density at radius 1 is 1.40 bits per heavy atom. The summed E-state index contributed by atoms with van der Waals surface area (Å²) >= 11 is 0. The van der Waals surface area contributed by atoms with Crippen molar-refractivity contribution in [1.29, 1.82) is 0 Å². The molecule has 8 nitrogen and oxygen atoms in total. The highest BCUT2D eigenvalue weighted by molar-refractivity contribution is 5.94. The second-order valence-corrected chi connectivity index (χ2v) is 7.65. The van der Waals surface area contributed by atoms with Crippen LogP contribution in [0.2, 0.25) is 0 Å². The number of fused-ring (bicyclic) bond motifs is 1. The fourth-order valence-corrected chi connectivity index (χ4v) is 3.91. The third kappa shape index (κ3) is 3.46. The molecule has 1 saturated heterocycles. The highest BCUT2D eigenvalue weighted by atomic mass is 19.1. The van der Waals surface area contributed by atoms with Crippen molar-refractivity contribution in [1.82, 2.24) is 4.57 Å². The normalized spacial score (nSPS) is 20.4. The standard InChI is InChI=1S/C20H21F2N3O5/c21-13-7-11-17(25(10-1-2-10)8-12(19(11)27)20(28)29)16(22)18(13)24-4-6-30-15(9-24)14(23)3-5-26/h5,7-8,10,14-15H,1-4,6,9,23H2,(H,28,29). The molecule has 0 radical (unpaired) electrons. The number of anilines is 1. The van der Waals surface area contributed by atoms with Crippen molar-refractivity contribution in [3.63, 3.8) is 0 Å². The van der Waals surface area contributed by atoms with Crippen LogP contribution in [0.1, 0.15) is 35.7 Å². The zero-order valence-corrected chi connectivity index (χ0v) is 16.0. The molecule has 1 aliphatic heterocycles. The number of nitrogens with two attached hydrogens (primary N) is 1. The number of aromatic nitrogens is 1. The van der Waals surface area contributed by atoms with Gasteiger partial charge in [0.05, 0.1) is 23.6 Å². The number of aromatic carboxylic acids is 1. The highest BCUT2D eigenvalue weighted by Gasteiger charge is 2.33. The number of carboxylic acid groups (broad SMARTS) is 1. The number of pyridine rings is 1. The van der Waals surface area contributed by atoms with Gasteiger partial charge in [-0.25, -0.2) is 13.6 Å². The van der Waals surface area contributed by atoms with Crippen LogP contribution in [0.4, 0.5) is 14.5 Å². The van der Waals surface area contributed by atoms with Crippen molar-refractivity contribution in [3.05, 3.63) is 39.7 Å². The molecule has 0 spiro atoms. The van der Waals surface area contributed by atoms with Crippen LogP contribution in [0.25, 0.3) is 10.9 Å². The Labute approximate surface area is 169 Å². The zero-order chi connectivity index (χ0) is 21.6. The molecule has 2 aliphatic rings. The number of carbonyl (C=O) groups excluding carboxylic acids is 1. The molecule has 2 aromatic rings. The van der Waals surface area contributed by atoms with Crippen LogP contribution >= 0.6 is 0 Å². The van der Waals surface area contributed by atoms with E-state index < -0.39 is 40.7 Å². The Balaban J connectivity index is 1.85. The number of morpholine rings is 1. The van der Waals surface area contributed by atoms with Gasteiger partial charge in [-0.2, -0.15) is 0 Å². The summed E-state index contributed by atoms with van der Waals surface area (Å²) in [6.45, 7) is 0.446. The zero-order valence-electron chi connectivity index (χ0n) is 16.0. The van der Waals surface area contributed by atoms with E-state index >= 15 is 4.39 Å². The second-order valence-electron chi connectivity index (χ2n) is 7.65. The minimum Gasteiger partial charge on any atom is -0.477 e. The Morgan fingerprint density at radius 2 is 2.13 bits per heavy atom. The molecule has 0 bridgehead atoms. The first kappa shape index (κ1) is 20.4. The number of aldehydes is 1. The molecule has 1 aliphatic carbocycles. The predicted octanol–water partition coefficient (Wildman–Crippen LogP) is 1.43. The van der Waals surface area contributed by atoms with Crippen LogP contribution in [-0.2, 0) is 9.53 Å². The molecular formula is C20H21F2N3O5. The molecule has 0 amide bonds. The lowest BCUT2D eigenvalue weighted by Crippen LogP contribution is -2.51. The molecule has 2 heterocycles. The fraction of sp³-hybridized carbons (Fsp3) is 0.450. The predicted molar refractivity (Wildman–Crippen MR) is 104 cm³/mol. The molecule has 1 aromatic carbocycles. The van der Waals surface area contributed by atoms with Gasteiger partial charge in [0.25, 0.3) is 0 Å². The number of hydrogen-bond donors (Lipinski definition) is 2. The Morgan fingerprint density at radius 3 is 2.77 bits per heavy atom. The summed E-state index contributed by atoms with van der Waals surface area (Å²) in [6.07, 6.45) is 2.70. The molecule has 4 rings (SSSR count). The van der Waals surface area contributed by atoms with E-state index in [0.29, 0.717) is 19.1 Å². The van der Waals surface area contributed by atoms with Crippen molar-refractivity contribution in [2.45, 2.75) is 37.5 Å². The fourth-order valence-electron chi connectivity index (χ4n) is 3.91. The first-order chi connectivity index (χ1) is 14.3. The van der Waals surface area contributed by atoms with Crippen molar-refractivity contribution >= 4 is 28.8 Å². The second kappa shape index (κ2) is 7.77. The molecule has 1 saturated carbocycles. The number of hydrogen-bond acceptors (Lipinski definition) is 6. The van der Waals surface area contributed by atoms with Crippen molar-refractivity contribution in [2.75, 3.05) is 24.6 Å². The molecule has 10 heteroatoms. The summed E-state index contributed by atoms with van der Waals surface area (Å²) in [5, 5.41) is 9.01. The lowest BCUT2D eigenvalue weighted by molar-refractivity contribution is -0.109. The van der Waals surface area contributed by atoms with E-state index in [9.17, 15) is 23.9 Å². The van der Waals surface area contributed by atoms with Crippen molar-refractivity contribution in [3.8, 4) is 0 Å². The Kier molecular flexibility index (Phi) is 5.29. The van der Waals surface area contributed by atoms with Crippen LogP contribution in [0, 0.1) is 11.6 Å². The van der Waals surface area contributed by atoms with Crippen molar-refractivity contribution in [2.24, 2.45) is 5.73 Å². The summed E-state index contributed by atoms with van der Waals surface area (Å²) in [4.78, 5) is 36.2. The van der Waals surface area contributed by atoms with Gasteiger partial charge in [-0.1, -0.05) is 0 Å². The Bertz CT molecular complexity index is 1080. The maximum atomic E-state index is 15.6. The van der Waals surface area contributed by atoms with Gasteiger partial charge in [-0.05, 0) is 18.9 Å². The average Bonchev–Trinajstić information content (AvgIpc) is 3.54. The van der Waals surface area contributed by atoms with Crippen molar-refractivity contribution < 1.29 is 28.2 Å². The van der Waals surface area contributed by atoms with E-state index in [-0.39, 0.29) is 48.7 Å². The summed E-state index contributed by atoms with van der Waals surface area (Å²) in [6, 6.07) is 0.147. The maximum absolute atomic E-state index is 15.6. The topological polar surface area (TPSA) is 115 Å². The Hall–Kier alpha value is -2.85. The van der Waals surface area contributed by atoms with Crippen LogP contribution in [-0.4, -0.2) is 53.8 Å². The number of carboxylic acids is 1. The van der Waals surface area contributed by atoms with Gasteiger partial charge >= 0.3 is 5.97 Å². The molecule has 2 unspecified atom stereocenters. The van der Waals surface area contributed by atoms with Gasteiger partial charge in [0, 0.05) is 37.8 Å². The molecule has 1 aromatic heterocycles. The number of carbonyl (C=O) groups is 2. The molecular weight excluding hydrogens is 400 g/mol. The number of rotatable bonds is 6. The molecule has 2 atom stereocenters. The number of nitrogens with zero attached hydrogens (tertiary/aromatic N) is 2. The lowest BCUT2D eigenvalue weighted by atomic mass is 10.1. The van der Waals surface area contributed by atoms with Crippen LogP contribution in [0.5, 0.6) is 0 Å². The SMILES string of the molecule is NC(CC=O)C1CN(c2c(F)cc3c(=O)c(C(=O)O)cn(C4CC4)c3c2F)CCO1. The summed E-state index contributed by atoms with van der Waals surface area (Å²) in [7, 11) is 0. The van der Waals surface area contributed by atoms with Gasteiger partial charge in [-0.15, -0.1) is 0 Å².